The lowest BCUT2D eigenvalue weighted by molar-refractivity contribution is -0.137. The maximum Gasteiger partial charge on any atom is 0.303 e. The Hall–Kier alpha value is -3.35. The van der Waals surface area contributed by atoms with E-state index < -0.39 is 5.97 Å². The molecule has 0 atom stereocenters. The molecule has 7 nitrogen and oxygen atoms in total. The van der Waals surface area contributed by atoms with Gasteiger partial charge in [-0.15, -0.1) is 0 Å². The molecule has 0 aliphatic rings. The molecule has 0 radical (unpaired) electrons. The van der Waals surface area contributed by atoms with E-state index in [0.717, 1.165) is 5.56 Å². The number of aliphatic carboxylic acids is 1. The summed E-state index contributed by atoms with van der Waals surface area (Å²) in [4.78, 5) is 34.3. The van der Waals surface area contributed by atoms with Crippen LogP contribution in [0.15, 0.2) is 48.5 Å². The molecule has 2 amide bonds. The molecule has 0 aliphatic carbocycles. The van der Waals surface area contributed by atoms with Crippen molar-refractivity contribution in [3.63, 3.8) is 0 Å². The van der Waals surface area contributed by atoms with Gasteiger partial charge in [0.05, 0.1) is 6.61 Å². The molecule has 0 heterocycles. The third kappa shape index (κ3) is 6.47. The molecule has 0 fully saturated rings. The Kier molecular flexibility index (Phi) is 7.37. The number of hydrogen-bond acceptors (Lipinski definition) is 4. The summed E-state index contributed by atoms with van der Waals surface area (Å²) >= 11 is 0. The summed E-state index contributed by atoms with van der Waals surface area (Å²) in [5.41, 5.74) is 1.73. The molecule has 0 unspecified atom stereocenters. The summed E-state index contributed by atoms with van der Waals surface area (Å²) in [6, 6.07) is 13.7. The lowest BCUT2D eigenvalue weighted by Gasteiger charge is -2.09. The smallest absolute Gasteiger partial charge is 0.303 e. The Bertz CT molecular complexity index is 802. The van der Waals surface area contributed by atoms with E-state index in [1.165, 1.54) is 7.05 Å². The molecule has 2 rings (SSSR count). The molecule has 3 N–H and O–H groups in total. The molecule has 2 aromatic carbocycles. The minimum atomic E-state index is -0.842. The van der Waals surface area contributed by atoms with Crippen molar-refractivity contribution < 1.29 is 24.2 Å². The van der Waals surface area contributed by atoms with E-state index in [4.69, 9.17) is 9.84 Å². The van der Waals surface area contributed by atoms with Gasteiger partial charge in [0.2, 0.25) is 0 Å². The number of ether oxygens (including phenoxy) is 1. The number of carboxylic acids is 1. The van der Waals surface area contributed by atoms with Crippen LogP contribution < -0.4 is 15.4 Å². The zero-order valence-corrected chi connectivity index (χ0v) is 15.0. The first-order chi connectivity index (χ1) is 13.0. The zero-order chi connectivity index (χ0) is 19.6. The zero-order valence-electron chi connectivity index (χ0n) is 15.0. The number of carbonyl (C=O) groups is 3. The summed E-state index contributed by atoms with van der Waals surface area (Å²) in [5.74, 6) is -0.711. The fourth-order valence-electron chi connectivity index (χ4n) is 2.35. The second kappa shape index (κ2) is 9.96. The number of amides is 2. The molecule has 142 valence electrons. The van der Waals surface area contributed by atoms with Crippen LogP contribution in [-0.4, -0.2) is 36.5 Å². The molecule has 0 saturated carbocycles. The molecule has 0 aliphatic heterocycles. The van der Waals surface area contributed by atoms with Crippen molar-refractivity contribution in [2.24, 2.45) is 0 Å². The molecule has 0 saturated heterocycles. The predicted octanol–water partition coefficient (Wildman–Crippen LogP) is 2.22. The first-order valence-electron chi connectivity index (χ1n) is 8.53. The maximum atomic E-state index is 12.3. The Morgan fingerprint density at radius 3 is 2.30 bits per heavy atom. The van der Waals surface area contributed by atoms with Gasteiger partial charge in [-0.1, -0.05) is 18.2 Å². The lowest BCUT2D eigenvalue weighted by Crippen LogP contribution is -2.24. The number of nitrogens with one attached hydrogen (secondary N) is 2. The highest BCUT2D eigenvalue weighted by molar-refractivity contribution is 5.99. The number of carbonyl (C=O) groups excluding carboxylic acids is 2. The fourth-order valence-corrected chi connectivity index (χ4v) is 2.35. The van der Waals surface area contributed by atoms with Gasteiger partial charge in [-0.3, -0.25) is 14.4 Å². The van der Waals surface area contributed by atoms with E-state index in [0.29, 0.717) is 36.4 Å². The highest BCUT2D eigenvalue weighted by Crippen LogP contribution is 2.13. The first kappa shape index (κ1) is 20.0. The number of benzene rings is 2. The Balaban J connectivity index is 1.84. The van der Waals surface area contributed by atoms with Crippen LogP contribution in [0.5, 0.6) is 5.75 Å². The van der Waals surface area contributed by atoms with Crippen molar-refractivity contribution in [1.82, 2.24) is 10.6 Å². The van der Waals surface area contributed by atoms with Gasteiger partial charge in [0.1, 0.15) is 5.75 Å². The molecule has 0 spiro atoms. The van der Waals surface area contributed by atoms with Crippen LogP contribution >= 0.6 is 0 Å². The molecule has 27 heavy (non-hydrogen) atoms. The summed E-state index contributed by atoms with van der Waals surface area (Å²) in [7, 11) is 1.54. The normalized spacial score (nSPS) is 10.1. The van der Waals surface area contributed by atoms with Crippen LogP contribution in [0.1, 0.15) is 39.1 Å². The second-order valence-corrected chi connectivity index (χ2v) is 5.83. The van der Waals surface area contributed by atoms with Crippen molar-refractivity contribution in [2.45, 2.75) is 19.4 Å². The SMILES string of the molecule is CNC(=O)c1cccc(C(=O)NCc2ccc(OCCCC(=O)O)cc2)c1. The average Bonchev–Trinajstić information content (AvgIpc) is 2.69. The van der Waals surface area contributed by atoms with Gasteiger partial charge in [-0.2, -0.15) is 0 Å². The lowest BCUT2D eigenvalue weighted by atomic mass is 10.1. The van der Waals surface area contributed by atoms with Crippen LogP contribution in [0.4, 0.5) is 0 Å². The minimum absolute atomic E-state index is 0.0746. The van der Waals surface area contributed by atoms with Crippen LogP contribution in [0, 0.1) is 0 Å². The van der Waals surface area contributed by atoms with Gasteiger partial charge >= 0.3 is 5.97 Å². The first-order valence-corrected chi connectivity index (χ1v) is 8.53. The van der Waals surface area contributed by atoms with Crippen molar-refractivity contribution in [1.29, 1.82) is 0 Å². The van der Waals surface area contributed by atoms with Gasteiger partial charge in [-0.25, -0.2) is 0 Å². The molecule has 2 aromatic rings. The van der Waals surface area contributed by atoms with E-state index in [9.17, 15) is 14.4 Å². The highest BCUT2D eigenvalue weighted by atomic mass is 16.5. The largest absolute Gasteiger partial charge is 0.494 e. The highest BCUT2D eigenvalue weighted by Gasteiger charge is 2.09. The quantitative estimate of drug-likeness (QED) is 0.587. The van der Waals surface area contributed by atoms with Gasteiger partial charge in [-0.05, 0) is 42.3 Å². The third-order valence-corrected chi connectivity index (χ3v) is 3.79. The summed E-state index contributed by atoms with van der Waals surface area (Å²) in [5, 5.41) is 13.9. The van der Waals surface area contributed by atoms with E-state index in [-0.39, 0.29) is 18.2 Å². The van der Waals surface area contributed by atoms with Crippen LogP contribution in [0.3, 0.4) is 0 Å². The van der Waals surface area contributed by atoms with E-state index in [2.05, 4.69) is 10.6 Å². The fraction of sp³-hybridized carbons (Fsp3) is 0.250. The van der Waals surface area contributed by atoms with Crippen molar-refractivity contribution in [3.8, 4) is 5.75 Å². The number of carboxylic acid groups (broad SMARTS) is 1. The second-order valence-electron chi connectivity index (χ2n) is 5.83. The standard InChI is InChI=1S/C20H22N2O5/c1-21-19(25)15-4-2-5-16(12-15)20(26)22-13-14-7-9-17(10-8-14)27-11-3-6-18(23)24/h2,4-5,7-10,12H,3,6,11,13H2,1H3,(H,21,25)(H,22,26)(H,23,24). The molecule has 7 heteroatoms. The van der Waals surface area contributed by atoms with Gasteiger partial charge < -0.3 is 20.5 Å². The topological polar surface area (TPSA) is 105 Å². The average molecular weight is 370 g/mol. The van der Waals surface area contributed by atoms with Crippen molar-refractivity contribution >= 4 is 17.8 Å². The number of rotatable bonds is 9. The summed E-state index contributed by atoms with van der Waals surface area (Å²) in [6.07, 6.45) is 0.521. The van der Waals surface area contributed by atoms with Gasteiger partial charge in [0, 0.05) is 31.1 Å². The van der Waals surface area contributed by atoms with Crippen LogP contribution in [-0.2, 0) is 11.3 Å². The Labute approximate surface area is 157 Å². The molecule has 0 aromatic heterocycles. The number of hydrogen-bond donors (Lipinski definition) is 3. The minimum Gasteiger partial charge on any atom is -0.494 e. The van der Waals surface area contributed by atoms with E-state index in [1.54, 1.807) is 36.4 Å². The molecular formula is C20H22N2O5. The van der Waals surface area contributed by atoms with Gasteiger partial charge in [0.15, 0.2) is 0 Å². The maximum absolute atomic E-state index is 12.3. The predicted molar refractivity (Wildman–Crippen MR) is 99.8 cm³/mol. The Morgan fingerprint density at radius 2 is 1.67 bits per heavy atom. The summed E-state index contributed by atoms with van der Waals surface area (Å²) < 4.78 is 5.46. The monoisotopic (exact) mass is 370 g/mol. The third-order valence-electron chi connectivity index (χ3n) is 3.79. The van der Waals surface area contributed by atoms with Crippen molar-refractivity contribution in [3.05, 3.63) is 65.2 Å². The van der Waals surface area contributed by atoms with E-state index in [1.807, 2.05) is 12.1 Å². The van der Waals surface area contributed by atoms with Crippen molar-refractivity contribution in [2.75, 3.05) is 13.7 Å². The molecular weight excluding hydrogens is 348 g/mol. The summed E-state index contributed by atoms with van der Waals surface area (Å²) in [6.45, 7) is 0.673. The Morgan fingerprint density at radius 1 is 1.00 bits per heavy atom. The van der Waals surface area contributed by atoms with Crippen LogP contribution in [0.2, 0.25) is 0 Å². The van der Waals surface area contributed by atoms with E-state index >= 15 is 0 Å². The molecule has 0 bridgehead atoms. The van der Waals surface area contributed by atoms with Gasteiger partial charge in [0.25, 0.3) is 11.8 Å². The van der Waals surface area contributed by atoms with Crippen LogP contribution in [0.25, 0.3) is 0 Å².